The van der Waals surface area contributed by atoms with Gasteiger partial charge in [-0.3, -0.25) is 20.6 Å². The Morgan fingerprint density at radius 1 is 1.00 bits per heavy atom. The molecule has 0 spiro atoms. The van der Waals surface area contributed by atoms with Crippen molar-refractivity contribution in [1.82, 2.24) is 15.5 Å². The van der Waals surface area contributed by atoms with Gasteiger partial charge in [-0.1, -0.05) is 68.4 Å². The predicted molar refractivity (Wildman–Crippen MR) is 151 cm³/mol. The minimum atomic E-state index is -1.89. The summed E-state index contributed by atoms with van der Waals surface area (Å²) in [7, 11) is 1.26. The minimum Gasteiger partial charge on any atom is -0.467 e. The van der Waals surface area contributed by atoms with Gasteiger partial charge in [0.2, 0.25) is 11.6 Å². The molecule has 2 aliphatic heterocycles. The minimum absolute atomic E-state index is 0.197. The van der Waals surface area contributed by atoms with Gasteiger partial charge in [0.05, 0.1) is 7.11 Å². The van der Waals surface area contributed by atoms with Gasteiger partial charge in [0.15, 0.2) is 6.29 Å². The summed E-state index contributed by atoms with van der Waals surface area (Å²) in [6.07, 6.45) is -0.249. The molecule has 0 aromatic heterocycles. The summed E-state index contributed by atoms with van der Waals surface area (Å²) in [6, 6.07) is 15.1. The van der Waals surface area contributed by atoms with Crippen LogP contribution in [0.2, 0.25) is 0 Å². The molecule has 4 rings (SSSR count). The molecule has 2 fully saturated rings. The number of methoxy groups -OCH3 is 1. The molecular weight excluding hydrogens is 526 g/mol. The first-order valence-electron chi connectivity index (χ1n) is 13.8. The molecule has 0 saturated carbocycles. The highest BCUT2D eigenvalue weighted by molar-refractivity contribution is 6.03. The molecule has 2 amide bonds. The number of benzene rings is 2. The summed E-state index contributed by atoms with van der Waals surface area (Å²) in [5, 5.41) is 6.02. The summed E-state index contributed by atoms with van der Waals surface area (Å²) in [4.78, 5) is 41.0. The van der Waals surface area contributed by atoms with Crippen LogP contribution in [0.1, 0.15) is 63.1 Å². The number of esters is 1. The van der Waals surface area contributed by atoms with Gasteiger partial charge >= 0.3 is 5.97 Å². The van der Waals surface area contributed by atoms with E-state index in [1.165, 1.54) is 12.0 Å². The monoisotopic (exact) mass is 567 g/mol. The smallest absolute Gasteiger partial charge is 0.329 e. The lowest BCUT2D eigenvalue weighted by molar-refractivity contribution is -0.186. The lowest BCUT2D eigenvalue weighted by atomic mass is 9.77. The molecule has 0 unspecified atom stereocenters. The van der Waals surface area contributed by atoms with Gasteiger partial charge in [0.25, 0.3) is 5.91 Å². The van der Waals surface area contributed by atoms with Crippen LogP contribution < -0.4 is 22.1 Å². The quantitative estimate of drug-likeness (QED) is 0.171. The molecule has 6 N–H and O–H groups in total. The highest BCUT2D eigenvalue weighted by atomic mass is 16.7. The van der Waals surface area contributed by atoms with Crippen molar-refractivity contribution in [2.45, 2.75) is 70.4 Å². The Hall–Kier alpha value is -3.35. The summed E-state index contributed by atoms with van der Waals surface area (Å²) in [6.45, 7) is 8.87. The molecule has 2 saturated heterocycles. The topological polar surface area (TPSA) is 158 Å². The van der Waals surface area contributed by atoms with E-state index in [4.69, 9.17) is 25.7 Å². The van der Waals surface area contributed by atoms with Crippen molar-refractivity contribution in [3.63, 3.8) is 0 Å². The number of hydrogen-bond donors (Lipinski definition) is 4. The second kappa shape index (κ2) is 11.9. The fraction of sp³-hybridized carbons (Fsp3) is 0.500. The highest BCUT2D eigenvalue weighted by Crippen LogP contribution is 2.54. The zero-order chi connectivity index (χ0) is 30.0. The third-order valence-electron chi connectivity index (χ3n) is 7.93. The fourth-order valence-electron chi connectivity index (χ4n) is 5.93. The maximum atomic E-state index is 13.8. The third-order valence-corrected chi connectivity index (χ3v) is 7.93. The summed E-state index contributed by atoms with van der Waals surface area (Å²) in [5.41, 5.74) is 11.7. The second-order valence-corrected chi connectivity index (χ2v) is 11.2. The van der Waals surface area contributed by atoms with Crippen LogP contribution in [-0.2, 0) is 35.1 Å². The highest BCUT2D eigenvalue weighted by Gasteiger charge is 2.78. The van der Waals surface area contributed by atoms with Crippen LogP contribution in [-0.4, -0.2) is 60.4 Å². The average Bonchev–Trinajstić information content (AvgIpc) is 3.17. The molecular formula is C30H41N5O6. The summed E-state index contributed by atoms with van der Waals surface area (Å²) in [5.74, 6) is -1.72. The number of carbonyl (C=O) groups excluding carboxylic acids is 3. The third kappa shape index (κ3) is 5.47. The summed E-state index contributed by atoms with van der Waals surface area (Å²) >= 11 is 0. The van der Waals surface area contributed by atoms with Gasteiger partial charge in [-0.15, -0.1) is 0 Å². The van der Waals surface area contributed by atoms with Crippen LogP contribution in [0.4, 0.5) is 0 Å². The van der Waals surface area contributed by atoms with E-state index < -0.39 is 52.9 Å². The molecule has 41 heavy (non-hydrogen) atoms. The normalized spacial score (nSPS) is 25.4. The Bertz CT molecular complexity index is 1250. The number of ether oxygens (including phenoxy) is 3. The fourth-order valence-corrected chi connectivity index (χ4v) is 5.93. The molecule has 11 nitrogen and oxygen atoms in total. The Labute approximate surface area is 240 Å². The van der Waals surface area contributed by atoms with Crippen LogP contribution in [0.25, 0.3) is 0 Å². The molecule has 0 aliphatic carbocycles. The molecule has 0 bridgehead atoms. The standard InChI is InChI=1S/C30H41N5O6/c1-6-40-26(41-7-2)21-15-13-19(14-16-21)17-33-22(20-11-9-8-10-12-20)24(36)34-30(32)27(38)35-23(25(37)39-5)28(3,4)18-29(30,35)31/h8-16,22-23,26,33H,6-7,17-18,31-32H2,1-5H3,(H,34,36)/t22-,23-,29+,30+/m1/s1. The zero-order valence-corrected chi connectivity index (χ0v) is 24.3. The number of hydrogen-bond acceptors (Lipinski definition) is 9. The first-order chi connectivity index (χ1) is 19.4. The Morgan fingerprint density at radius 3 is 2.17 bits per heavy atom. The average molecular weight is 568 g/mol. The first-order valence-corrected chi connectivity index (χ1v) is 13.8. The maximum absolute atomic E-state index is 13.8. The van der Waals surface area contributed by atoms with E-state index in [0.29, 0.717) is 25.3 Å². The van der Waals surface area contributed by atoms with Gasteiger partial charge < -0.3 is 30.2 Å². The second-order valence-electron chi connectivity index (χ2n) is 11.2. The van der Waals surface area contributed by atoms with E-state index in [1.807, 2.05) is 82.3 Å². The number of amides is 2. The molecule has 2 aromatic carbocycles. The van der Waals surface area contributed by atoms with Gasteiger partial charge in [0.1, 0.15) is 17.7 Å². The van der Waals surface area contributed by atoms with Crippen LogP contribution in [0.5, 0.6) is 0 Å². The van der Waals surface area contributed by atoms with Gasteiger partial charge in [0, 0.05) is 25.3 Å². The van der Waals surface area contributed by atoms with Crippen LogP contribution in [0.15, 0.2) is 54.6 Å². The molecule has 2 aromatic rings. The van der Waals surface area contributed by atoms with Crippen molar-refractivity contribution in [3.8, 4) is 0 Å². The largest absolute Gasteiger partial charge is 0.467 e. The number of fused-ring (bicyclic) bond motifs is 1. The molecule has 0 radical (unpaired) electrons. The number of rotatable bonds is 12. The Balaban J connectivity index is 1.53. The van der Waals surface area contributed by atoms with Crippen LogP contribution in [0, 0.1) is 5.41 Å². The molecule has 222 valence electrons. The van der Waals surface area contributed by atoms with Crippen molar-refractivity contribution >= 4 is 17.8 Å². The lowest BCUT2D eigenvalue weighted by Crippen LogP contribution is -2.94. The molecule has 2 aliphatic rings. The molecule has 11 heteroatoms. The van der Waals surface area contributed by atoms with Gasteiger partial charge in [-0.25, -0.2) is 4.79 Å². The lowest BCUT2D eigenvalue weighted by Gasteiger charge is -2.58. The molecule has 4 atom stereocenters. The molecule has 2 heterocycles. The zero-order valence-electron chi connectivity index (χ0n) is 24.3. The van der Waals surface area contributed by atoms with E-state index in [9.17, 15) is 14.4 Å². The Kier molecular flexibility index (Phi) is 8.86. The van der Waals surface area contributed by atoms with Crippen molar-refractivity contribution in [3.05, 3.63) is 71.3 Å². The van der Waals surface area contributed by atoms with E-state index in [1.54, 1.807) is 0 Å². The van der Waals surface area contributed by atoms with Gasteiger partial charge in [-0.05, 0) is 36.8 Å². The number of β-lactam (4-membered cyclic amide) rings is 1. The van der Waals surface area contributed by atoms with Crippen molar-refractivity contribution < 1.29 is 28.6 Å². The van der Waals surface area contributed by atoms with E-state index in [-0.39, 0.29) is 6.42 Å². The Morgan fingerprint density at radius 2 is 1.61 bits per heavy atom. The predicted octanol–water partition coefficient (Wildman–Crippen LogP) is 1.83. The number of nitrogens with zero attached hydrogens (tertiary/aromatic N) is 1. The van der Waals surface area contributed by atoms with E-state index in [2.05, 4.69) is 10.6 Å². The van der Waals surface area contributed by atoms with Gasteiger partial charge in [-0.2, -0.15) is 0 Å². The van der Waals surface area contributed by atoms with Crippen molar-refractivity contribution in [1.29, 1.82) is 0 Å². The van der Waals surface area contributed by atoms with Crippen LogP contribution in [0.3, 0.4) is 0 Å². The van der Waals surface area contributed by atoms with E-state index >= 15 is 0 Å². The van der Waals surface area contributed by atoms with E-state index in [0.717, 1.165) is 11.1 Å². The van der Waals surface area contributed by atoms with Crippen molar-refractivity contribution in [2.75, 3.05) is 20.3 Å². The SMILES string of the molecule is CCOC(OCC)c1ccc(CN[C@@H](C(=O)N[C@@]2(N)C(=O)N3[C@H](C(=O)OC)C(C)(C)C[C@]32N)c2ccccc2)cc1. The number of carbonyl (C=O) groups is 3. The number of nitrogens with two attached hydrogens (primary N) is 2. The number of nitrogens with one attached hydrogen (secondary N) is 2. The maximum Gasteiger partial charge on any atom is 0.329 e. The first kappa shape index (κ1) is 30.6. The van der Waals surface area contributed by atoms with Crippen LogP contribution >= 0.6 is 0 Å². The summed E-state index contributed by atoms with van der Waals surface area (Å²) < 4.78 is 16.3. The van der Waals surface area contributed by atoms with Crippen molar-refractivity contribution in [2.24, 2.45) is 16.9 Å².